The first kappa shape index (κ1) is 9.67. The normalized spacial score (nSPS) is 10.3. The van der Waals surface area contributed by atoms with Crippen molar-refractivity contribution in [2.24, 2.45) is 0 Å². The predicted molar refractivity (Wildman–Crippen MR) is 60.7 cm³/mol. The van der Waals surface area contributed by atoms with Gasteiger partial charge in [0.2, 0.25) is 0 Å². The Labute approximate surface area is 89.2 Å². The van der Waals surface area contributed by atoms with E-state index >= 15 is 0 Å². The van der Waals surface area contributed by atoms with Crippen LogP contribution in [0.5, 0.6) is 0 Å². The van der Waals surface area contributed by atoms with Crippen LogP contribution >= 0.6 is 0 Å². The number of rotatable bonds is 0. The van der Waals surface area contributed by atoms with Gasteiger partial charge in [0.15, 0.2) is 0 Å². The van der Waals surface area contributed by atoms with Crippen molar-refractivity contribution >= 4 is 10.9 Å². The van der Waals surface area contributed by atoms with Crippen LogP contribution in [-0.4, -0.2) is 4.98 Å². The first-order valence-electron chi connectivity index (χ1n) is 4.90. The second-order valence-corrected chi connectivity index (χ2v) is 3.83. The zero-order valence-electron chi connectivity index (χ0n) is 9.13. The second-order valence-electron chi connectivity index (χ2n) is 3.83. The maximum absolute atomic E-state index is 9.06. The second kappa shape index (κ2) is 3.36. The van der Waals surface area contributed by atoms with Crippen LogP contribution in [-0.2, 0) is 0 Å². The molecule has 0 saturated carbocycles. The number of fused-ring (bicyclic) bond motifs is 1. The maximum Gasteiger partial charge on any atom is 0.0999 e. The van der Waals surface area contributed by atoms with Gasteiger partial charge >= 0.3 is 0 Å². The average Bonchev–Trinajstić information content (AvgIpc) is 2.25. The number of pyridine rings is 1. The van der Waals surface area contributed by atoms with Gasteiger partial charge in [0.05, 0.1) is 17.1 Å². The lowest BCUT2D eigenvalue weighted by molar-refractivity contribution is 1.29. The Morgan fingerprint density at radius 1 is 1.20 bits per heavy atom. The Morgan fingerprint density at radius 2 is 1.93 bits per heavy atom. The minimum Gasteiger partial charge on any atom is -0.256 e. The van der Waals surface area contributed by atoms with Crippen molar-refractivity contribution in [3.63, 3.8) is 0 Å². The van der Waals surface area contributed by atoms with Gasteiger partial charge in [-0.1, -0.05) is 6.07 Å². The van der Waals surface area contributed by atoms with E-state index < -0.39 is 0 Å². The molecule has 2 aromatic rings. The minimum atomic E-state index is 0.712. The molecule has 0 aliphatic carbocycles. The summed E-state index contributed by atoms with van der Waals surface area (Å²) in [6.45, 7) is 6.14. The highest BCUT2D eigenvalue weighted by Crippen LogP contribution is 2.25. The Hall–Kier alpha value is -1.88. The Bertz CT molecular complexity index is 577. The van der Waals surface area contributed by atoms with Gasteiger partial charge < -0.3 is 0 Å². The summed E-state index contributed by atoms with van der Waals surface area (Å²) in [5, 5.41) is 10.1. The van der Waals surface area contributed by atoms with Crippen LogP contribution in [0.15, 0.2) is 18.3 Å². The first-order chi connectivity index (χ1) is 7.15. The molecule has 0 aliphatic heterocycles. The molecule has 0 radical (unpaired) electrons. The SMILES string of the molecule is Cc1cc(C)c2nccc(C#N)c2c1C. The summed E-state index contributed by atoms with van der Waals surface area (Å²) in [7, 11) is 0. The highest BCUT2D eigenvalue weighted by Gasteiger charge is 2.08. The molecule has 0 amide bonds. The molecule has 2 heteroatoms. The van der Waals surface area contributed by atoms with E-state index in [0.717, 1.165) is 22.0 Å². The molecule has 2 nitrogen and oxygen atoms in total. The zero-order valence-corrected chi connectivity index (χ0v) is 9.13. The summed E-state index contributed by atoms with van der Waals surface area (Å²) >= 11 is 0. The minimum absolute atomic E-state index is 0.712. The molecule has 0 saturated heterocycles. The molecule has 0 fully saturated rings. The van der Waals surface area contributed by atoms with Crippen molar-refractivity contribution in [3.8, 4) is 6.07 Å². The molecule has 0 bridgehead atoms. The lowest BCUT2D eigenvalue weighted by Crippen LogP contribution is -1.93. The van der Waals surface area contributed by atoms with E-state index in [1.807, 2.05) is 13.8 Å². The average molecular weight is 196 g/mol. The van der Waals surface area contributed by atoms with Gasteiger partial charge in [0.25, 0.3) is 0 Å². The van der Waals surface area contributed by atoms with E-state index in [0.29, 0.717) is 5.56 Å². The lowest BCUT2D eigenvalue weighted by Gasteiger charge is -2.09. The van der Waals surface area contributed by atoms with Gasteiger partial charge in [0.1, 0.15) is 0 Å². The van der Waals surface area contributed by atoms with Crippen LogP contribution < -0.4 is 0 Å². The van der Waals surface area contributed by atoms with Gasteiger partial charge in [-0.25, -0.2) is 0 Å². The Morgan fingerprint density at radius 3 is 2.60 bits per heavy atom. The van der Waals surface area contributed by atoms with Gasteiger partial charge in [-0.05, 0) is 43.5 Å². The third-order valence-electron chi connectivity index (χ3n) is 2.84. The molecule has 1 heterocycles. The van der Waals surface area contributed by atoms with Gasteiger partial charge in [-0.2, -0.15) is 5.26 Å². The molecular formula is C13H12N2. The first-order valence-corrected chi connectivity index (χ1v) is 4.90. The van der Waals surface area contributed by atoms with Crippen LogP contribution in [0.25, 0.3) is 10.9 Å². The number of aryl methyl sites for hydroxylation is 3. The van der Waals surface area contributed by atoms with E-state index in [2.05, 4.69) is 24.0 Å². The third-order valence-corrected chi connectivity index (χ3v) is 2.84. The Kier molecular flexibility index (Phi) is 2.17. The van der Waals surface area contributed by atoms with Crippen molar-refractivity contribution in [1.29, 1.82) is 5.26 Å². The van der Waals surface area contributed by atoms with E-state index in [4.69, 9.17) is 5.26 Å². The molecule has 0 atom stereocenters. The fourth-order valence-corrected chi connectivity index (χ4v) is 1.93. The molecule has 1 aromatic carbocycles. The van der Waals surface area contributed by atoms with Crippen LogP contribution in [0.1, 0.15) is 22.3 Å². The van der Waals surface area contributed by atoms with Crippen molar-refractivity contribution < 1.29 is 0 Å². The summed E-state index contributed by atoms with van der Waals surface area (Å²) in [5.74, 6) is 0. The molecule has 0 spiro atoms. The number of aromatic nitrogens is 1. The molecule has 0 aliphatic rings. The highest BCUT2D eigenvalue weighted by molar-refractivity contribution is 5.90. The highest BCUT2D eigenvalue weighted by atomic mass is 14.7. The number of benzene rings is 1. The standard InChI is InChI=1S/C13H12N2/c1-8-6-9(2)13-12(10(8)3)11(7-14)4-5-15-13/h4-6H,1-3H3. The Balaban J connectivity index is 3.05. The lowest BCUT2D eigenvalue weighted by atomic mass is 9.97. The van der Waals surface area contributed by atoms with Crippen LogP contribution in [0.3, 0.4) is 0 Å². The number of hydrogen-bond donors (Lipinski definition) is 0. The van der Waals surface area contributed by atoms with Gasteiger partial charge in [-0.3, -0.25) is 4.98 Å². The molecule has 2 rings (SSSR count). The van der Waals surface area contributed by atoms with Crippen molar-refractivity contribution in [1.82, 2.24) is 4.98 Å². The van der Waals surface area contributed by atoms with E-state index in [1.165, 1.54) is 5.56 Å². The summed E-state index contributed by atoms with van der Waals surface area (Å²) in [5.41, 5.74) is 5.15. The fourth-order valence-electron chi connectivity index (χ4n) is 1.93. The summed E-state index contributed by atoms with van der Waals surface area (Å²) in [4.78, 5) is 4.34. The number of nitriles is 1. The van der Waals surface area contributed by atoms with Gasteiger partial charge in [-0.15, -0.1) is 0 Å². The largest absolute Gasteiger partial charge is 0.256 e. The third kappa shape index (κ3) is 1.37. The van der Waals surface area contributed by atoms with E-state index in [1.54, 1.807) is 12.3 Å². The molecule has 15 heavy (non-hydrogen) atoms. The zero-order chi connectivity index (χ0) is 11.0. The van der Waals surface area contributed by atoms with Crippen molar-refractivity contribution in [2.45, 2.75) is 20.8 Å². The summed E-state index contributed by atoms with van der Waals surface area (Å²) in [6.07, 6.45) is 1.70. The molecular weight excluding hydrogens is 184 g/mol. The molecule has 0 N–H and O–H groups in total. The molecule has 0 unspecified atom stereocenters. The van der Waals surface area contributed by atoms with Crippen LogP contribution in [0.2, 0.25) is 0 Å². The number of nitrogens with zero attached hydrogens (tertiary/aromatic N) is 2. The molecule has 1 aromatic heterocycles. The fraction of sp³-hybridized carbons (Fsp3) is 0.231. The quantitative estimate of drug-likeness (QED) is 0.649. The topological polar surface area (TPSA) is 36.7 Å². The van der Waals surface area contributed by atoms with Crippen molar-refractivity contribution in [2.75, 3.05) is 0 Å². The van der Waals surface area contributed by atoms with Crippen LogP contribution in [0, 0.1) is 32.1 Å². The van der Waals surface area contributed by atoms with E-state index in [-0.39, 0.29) is 0 Å². The van der Waals surface area contributed by atoms with Crippen molar-refractivity contribution in [3.05, 3.63) is 40.6 Å². The number of hydrogen-bond acceptors (Lipinski definition) is 2. The summed E-state index contributed by atoms with van der Waals surface area (Å²) in [6, 6.07) is 6.11. The predicted octanol–water partition coefficient (Wildman–Crippen LogP) is 3.03. The summed E-state index contributed by atoms with van der Waals surface area (Å²) < 4.78 is 0. The smallest absolute Gasteiger partial charge is 0.0999 e. The van der Waals surface area contributed by atoms with E-state index in [9.17, 15) is 0 Å². The van der Waals surface area contributed by atoms with Gasteiger partial charge in [0, 0.05) is 11.6 Å². The molecule has 74 valence electrons. The van der Waals surface area contributed by atoms with Crippen LogP contribution in [0.4, 0.5) is 0 Å². The monoisotopic (exact) mass is 196 g/mol. The maximum atomic E-state index is 9.06.